The first-order valence-electron chi connectivity index (χ1n) is 6.41. The molecule has 0 aromatic carbocycles. The Kier molecular flexibility index (Phi) is 3.15. The molecule has 94 valence electrons. The number of hydrogen-bond acceptors (Lipinski definition) is 5. The summed E-state index contributed by atoms with van der Waals surface area (Å²) >= 11 is 1.51. The van der Waals surface area contributed by atoms with Gasteiger partial charge in [0.2, 0.25) is 0 Å². The highest BCUT2D eigenvalue weighted by molar-refractivity contribution is 7.05. The van der Waals surface area contributed by atoms with Gasteiger partial charge in [-0.25, -0.2) is 0 Å². The summed E-state index contributed by atoms with van der Waals surface area (Å²) in [6.45, 7) is 0.912. The van der Waals surface area contributed by atoms with E-state index in [1.54, 1.807) is 0 Å². The first-order chi connectivity index (χ1) is 8.33. The Morgan fingerprint density at radius 3 is 3.06 bits per heavy atom. The number of rotatable bonds is 3. The molecule has 2 atom stereocenters. The number of nitrogens with zero attached hydrogens (tertiary/aromatic N) is 2. The molecule has 0 bridgehead atoms. The Morgan fingerprint density at radius 2 is 2.47 bits per heavy atom. The third-order valence-electron chi connectivity index (χ3n) is 4.26. The molecule has 1 N–H and O–H groups in total. The smallest absolute Gasteiger partial charge is 0.0686 e. The molecule has 1 saturated carbocycles. The first-order valence-corrected chi connectivity index (χ1v) is 7.19. The van der Waals surface area contributed by atoms with Crippen LogP contribution in [-0.4, -0.2) is 28.8 Å². The molecule has 1 aromatic rings. The summed E-state index contributed by atoms with van der Waals surface area (Å²) in [5, 5.41) is 7.39. The van der Waals surface area contributed by atoms with Gasteiger partial charge in [0.15, 0.2) is 0 Å². The second kappa shape index (κ2) is 4.63. The third kappa shape index (κ3) is 2.11. The zero-order chi connectivity index (χ0) is 11.7. The van der Waals surface area contributed by atoms with E-state index in [2.05, 4.69) is 14.9 Å². The predicted octanol–water partition coefficient (Wildman–Crippen LogP) is 2.15. The Bertz CT molecular complexity index is 364. The third-order valence-corrected chi connectivity index (χ3v) is 5.01. The van der Waals surface area contributed by atoms with Crippen LogP contribution in [0.15, 0.2) is 6.20 Å². The molecule has 17 heavy (non-hydrogen) atoms. The molecule has 0 amide bonds. The molecule has 1 aromatic heterocycles. The van der Waals surface area contributed by atoms with Crippen molar-refractivity contribution < 1.29 is 4.74 Å². The summed E-state index contributed by atoms with van der Waals surface area (Å²) in [6.07, 6.45) is 8.07. The lowest BCUT2D eigenvalue weighted by Gasteiger charge is -2.48. The van der Waals surface area contributed by atoms with E-state index in [0.29, 0.717) is 12.0 Å². The monoisotopic (exact) mass is 253 g/mol. The van der Waals surface area contributed by atoms with Gasteiger partial charge in [0, 0.05) is 12.6 Å². The second-order valence-corrected chi connectivity index (χ2v) is 6.04. The van der Waals surface area contributed by atoms with Crippen molar-refractivity contribution in [2.24, 2.45) is 5.92 Å². The molecular weight excluding hydrogens is 234 g/mol. The molecule has 2 unspecified atom stereocenters. The van der Waals surface area contributed by atoms with Gasteiger partial charge in [-0.05, 0) is 56.6 Å². The van der Waals surface area contributed by atoms with E-state index in [1.807, 2.05) is 13.2 Å². The normalized spacial score (nSPS) is 28.9. The van der Waals surface area contributed by atoms with Gasteiger partial charge in [-0.2, -0.15) is 0 Å². The molecule has 2 heterocycles. The molecule has 0 radical (unpaired) electrons. The maximum Gasteiger partial charge on any atom is 0.0686 e. The highest BCUT2D eigenvalue weighted by Crippen LogP contribution is 2.47. The van der Waals surface area contributed by atoms with Crippen LogP contribution in [0.4, 0.5) is 0 Å². The minimum absolute atomic E-state index is 0.218. The van der Waals surface area contributed by atoms with Gasteiger partial charge in [0.1, 0.15) is 0 Å². The summed E-state index contributed by atoms with van der Waals surface area (Å²) in [6, 6.07) is 0.399. The Hall–Kier alpha value is -0.520. The maximum absolute atomic E-state index is 5.99. The van der Waals surface area contributed by atoms with Gasteiger partial charge >= 0.3 is 0 Å². The minimum Gasteiger partial charge on any atom is -0.375 e. The fourth-order valence-electron chi connectivity index (χ4n) is 3.19. The van der Waals surface area contributed by atoms with Crippen molar-refractivity contribution in [1.82, 2.24) is 14.9 Å². The molecule has 1 saturated heterocycles. The van der Waals surface area contributed by atoms with Crippen LogP contribution in [0.3, 0.4) is 0 Å². The number of ether oxygens (including phenoxy) is 1. The van der Waals surface area contributed by atoms with Crippen LogP contribution in [0, 0.1) is 5.92 Å². The lowest BCUT2D eigenvalue weighted by Crippen LogP contribution is -2.47. The summed E-state index contributed by atoms with van der Waals surface area (Å²) < 4.78 is 9.96. The Labute approximate surface area is 106 Å². The molecule has 1 aliphatic heterocycles. The molecular formula is C12H19N3OS. The largest absolute Gasteiger partial charge is 0.375 e. The fraction of sp³-hybridized carbons (Fsp3) is 0.833. The van der Waals surface area contributed by atoms with Crippen LogP contribution in [-0.2, 0) is 4.74 Å². The van der Waals surface area contributed by atoms with Crippen molar-refractivity contribution >= 4 is 11.5 Å². The van der Waals surface area contributed by atoms with Gasteiger partial charge in [0.05, 0.1) is 16.7 Å². The summed E-state index contributed by atoms with van der Waals surface area (Å²) in [5.74, 6) is 0.663. The summed E-state index contributed by atoms with van der Waals surface area (Å²) in [4.78, 5) is 1.26. The van der Waals surface area contributed by atoms with Crippen LogP contribution < -0.4 is 5.32 Å². The topological polar surface area (TPSA) is 47.0 Å². The van der Waals surface area contributed by atoms with Crippen molar-refractivity contribution in [2.45, 2.75) is 43.7 Å². The van der Waals surface area contributed by atoms with Gasteiger partial charge < -0.3 is 10.1 Å². The lowest BCUT2D eigenvalue weighted by atomic mass is 9.70. The Balaban J connectivity index is 1.73. The lowest BCUT2D eigenvalue weighted by molar-refractivity contribution is -0.147. The number of nitrogens with one attached hydrogen (secondary N) is 1. The van der Waals surface area contributed by atoms with Gasteiger partial charge in [-0.3, -0.25) is 0 Å². The van der Waals surface area contributed by atoms with Crippen LogP contribution in [0.25, 0.3) is 0 Å². The Morgan fingerprint density at radius 1 is 1.59 bits per heavy atom. The van der Waals surface area contributed by atoms with Crippen LogP contribution >= 0.6 is 11.5 Å². The molecule has 3 rings (SSSR count). The molecule has 4 nitrogen and oxygen atoms in total. The van der Waals surface area contributed by atoms with Gasteiger partial charge in [-0.15, -0.1) is 5.10 Å². The van der Waals surface area contributed by atoms with E-state index >= 15 is 0 Å². The van der Waals surface area contributed by atoms with E-state index in [-0.39, 0.29) is 5.60 Å². The van der Waals surface area contributed by atoms with Gasteiger partial charge in [0.25, 0.3) is 0 Å². The first kappa shape index (κ1) is 11.6. The fourth-order valence-corrected chi connectivity index (χ4v) is 3.90. The SMILES string of the molecule is CNC(c1cnns1)C1CCOC2(CCC2)C1. The zero-order valence-electron chi connectivity index (χ0n) is 10.2. The average molecular weight is 253 g/mol. The highest BCUT2D eigenvalue weighted by atomic mass is 32.1. The molecule has 2 fully saturated rings. The van der Waals surface area contributed by atoms with Crippen molar-refractivity contribution in [3.8, 4) is 0 Å². The van der Waals surface area contributed by atoms with E-state index < -0.39 is 0 Å². The molecule has 2 aliphatic rings. The predicted molar refractivity (Wildman–Crippen MR) is 67.0 cm³/mol. The standard InChI is InChI=1S/C12H19N3OS/c1-13-11(10-8-14-15-17-10)9-3-6-16-12(7-9)4-2-5-12/h8-9,11,13H,2-7H2,1H3. The summed E-state index contributed by atoms with van der Waals surface area (Å²) in [5.41, 5.74) is 0.218. The molecule has 1 spiro atoms. The van der Waals surface area contributed by atoms with E-state index in [4.69, 9.17) is 4.74 Å². The summed E-state index contributed by atoms with van der Waals surface area (Å²) in [7, 11) is 2.04. The average Bonchev–Trinajstić information content (AvgIpc) is 2.82. The minimum atomic E-state index is 0.218. The van der Waals surface area contributed by atoms with Crippen LogP contribution in [0.1, 0.15) is 43.0 Å². The number of hydrogen-bond donors (Lipinski definition) is 1. The van der Waals surface area contributed by atoms with Crippen molar-refractivity contribution in [1.29, 1.82) is 0 Å². The highest BCUT2D eigenvalue weighted by Gasteiger charge is 2.44. The second-order valence-electron chi connectivity index (χ2n) is 5.22. The van der Waals surface area contributed by atoms with Crippen LogP contribution in [0.5, 0.6) is 0 Å². The maximum atomic E-state index is 5.99. The van der Waals surface area contributed by atoms with Crippen molar-refractivity contribution in [2.75, 3.05) is 13.7 Å². The van der Waals surface area contributed by atoms with Gasteiger partial charge in [-0.1, -0.05) is 4.49 Å². The van der Waals surface area contributed by atoms with E-state index in [1.165, 1.54) is 42.1 Å². The quantitative estimate of drug-likeness (QED) is 0.896. The van der Waals surface area contributed by atoms with Crippen LogP contribution in [0.2, 0.25) is 0 Å². The zero-order valence-corrected chi connectivity index (χ0v) is 11.0. The van der Waals surface area contributed by atoms with Crippen molar-refractivity contribution in [3.05, 3.63) is 11.1 Å². The van der Waals surface area contributed by atoms with Crippen molar-refractivity contribution in [3.63, 3.8) is 0 Å². The molecule has 1 aliphatic carbocycles. The molecule has 5 heteroatoms. The van der Waals surface area contributed by atoms with E-state index in [0.717, 1.165) is 13.0 Å². The number of aromatic nitrogens is 2. The van der Waals surface area contributed by atoms with E-state index in [9.17, 15) is 0 Å².